The number of fused-ring (bicyclic) bond motifs is 1. The van der Waals surface area contributed by atoms with Gasteiger partial charge in [-0.3, -0.25) is 4.79 Å². The van der Waals surface area contributed by atoms with Crippen LogP contribution in [0.5, 0.6) is 11.5 Å². The van der Waals surface area contributed by atoms with Gasteiger partial charge in [0.25, 0.3) is 5.91 Å². The minimum Gasteiger partial charge on any atom is -0.507 e. The van der Waals surface area contributed by atoms with Crippen molar-refractivity contribution in [2.24, 2.45) is 5.10 Å². The van der Waals surface area contributed by atoms with Crippen molar-refractivity contribution in [3.63, 3.8) is 0 Å². The number of halogens is 1. The third-order valence-electron chi connectivity index (χ3n) is 4.68. The van der Waals surface area contributed by atoms with E-state index < -0.39 is 11.9 Å². The second-order valence-electron chi connectivity index (χ2n) is 6.85. The van der Waals surface area contributed by atoms with Gasteiger partial charge in [-0.15, -0.1) is 0 Å². The molecule has 0 spiro atoms. The summed E-state index contributed by atoms with van der Waals surface area (Å²) in [6.45, 7) is 0. The van der Waals surface area contributed by atoms with Crippen LogP contribution in [0.25, 0.3) is 10.8 Å². The van der Waals surface area contributed by atoms with Gasteiger partial charge in [-0.25, -0.2) is 10.2 Å². The summed E-state index contributed by atoms with van der Waals surface area (Å²) in [5.41, 5.74) is 3.32. The third-order valence-corrected chi connectivity index (χ3v) is 4.93. The number of nitrogens with one attached hydrogen (secondary N) is 1. The molecule has 0 fully saturated rings. The fourth-order valence-corrected chi connectivity index (χ4v) is 3.18. The molecular formula is C25H17ClN2O4. The Labute approximate surface area is 188 Å². The first-order valence-electron chi connectivity index (χ1n) is 9.63. The summed E-state index contributed by atoms with van der Waals surface area (Å²) >= 11 is 5.85. The first-order valence-corrected chi connectivity index (χ1v) is 10.0. The van der Waals surface area contributed by atoms with Crippen LogP contribution in [0.1, 0.15) is 26.3 Å². The normalized spacial score (nSPS) is 10.9. The molecule has 0 aliphatic carbocycles. The maximum Gasteiger partial charge on any atom is 0.343 e. The van der Waals surface area contributed by atoms with Crippen molar-refractivity contribution in [2.45, 2.75) is 0 Å². The maximum absolute atomic E-state index is 12.5. The highest BCUT2D eigenvalue weighted by Crippen LogP contribution is 2.25. The highest BCUT2D eigenvalue weighted by Gasteiger charge is 2.13. The number of aromatic hydroxyl groups is 1. The predicted molar refractivity (Wildman–Crippen MR) is 124 cm³/mol. The first kappa shape index (κ1) is 21.1. The van der Waals surface area contributed by atoms with Gasteiger partial charge in [0.15, 0.2) is 0 Å². The molecule has 0 heterocycles. The molecule has 0 aliphatic heterocycles. The van der Waals surface area contributed by atoms with E-state index in [0.717, 1.165) is 10.8 Å². The topological polar surface area (TPSA) is 88.0 Å². The van der Waals surface area contributed by atoms with Crippen LogP contribution in [-0.2, 0) is 0 Å². The van der Waals surface area contributed by atoms with Crippen LogP contribution in [0.4, 0.5) is 0 Å². The van der Waals surface area contributed by atoms with Crippen LogP contribution in [0.15, 0.2) is 90.0 Å². The third kappa shape index (κ3) is 4.77. The molecular weight excluding hydrogens is 428 g/mol. The number of hydrogen-bond acceptors (Lipinski definition) is 5. The predicted octanol–water partition coefficient (Wildman–Crippen LogP) is 5.18. The van der Waals surface area contributed by atoms with E-state index >= 15 is 0 Å². The van der Waals surface area contributed by atoms with Crippen molar-refractivity contribution >= 4 is 40.5 Å². The van der Waals surface area contributed by atoms with Gasteiger partial charge in [0, 0.05) is 10.6 Å². The SMILES string of the molecule is O=C(Oc1ccccc1C=NNC(=O)c1cc2ccccc2cc1O)c1ccc(Cl)cc1. The fraction of sp³-hybridized carbons (Fsp3) is 0. The number of ether oxygens (including phenoxy) is 1. The molecule has 0 aromatic heterocycles. The van der Waals surface area contributed by atoms with E-state index in [2.05, 4.69) is 10.5 Å². The number of phenolic OH excluding ortho intramolecular Hbond substituents is 1. The second kappa shape index (κ2) is 9.32. The Bertz CT molecular complexity index is 1330. The number of hydrazone groups is 1. The Hall–Kier alpha value is -4.16. The van der Waals surface area contributed by atoms with E-state index in [0.29, 0.717) is 16.1 Å². The molecule has 4 aromatic rings. The van der Waals surface area contributed by atoms with Gasteiger partial charge in [-0.2, -0.15) is 5.10 Å². The van der Waals surface area contributed by atoms with E-state index in [9.17, 15) is 14.7 Å². The van der Waals surface area contributed by atoms with Crippen LogP contribution >= 0.6 is 11.6 Å². The second-order valence-corrected chi connectivity index (χ2v) is 7.29. The summed E-state index contributed by atoms with van der Waals surface area (Å²) in [7, 11) is 0. The number of carbonyl (C=O) groups excluding carboxylic acids is 2. The Kier molecular flexibility index (Phi) is 6.14. The van der Waals surface area contributed by atoms with Gasteiger partial charge in [-0.05, 0) is 59.3 Å². The quantitative estimate of drug-likeness (QED) is 0.192. The number of amides is 1. The average molecular weight is 445 g/mol. The summed E-state index contributed by atoms with van der Waals surface area (Å²) in [6, 6.07) is 23.6. The van der Waals surface area contributed by atoms with Gasteiger partial charge >= 0.3 is 5.97 Å². The number of hydrogen-bond donors (Lipinski definition) is 2. The Morgan fingerprint density at radius 3 is 2.31 bits per heavy atom. The van der Waals surface area contributed by atoms with Crippen molar-refractivity contribution in [1.29, 1.82) is 0 Å². The highest BCUT2D eigenvalue weighted by atomic mass is 35.5. The Morgan fingerprint density at radius 2 is 1.56 bits per heavy atom. The van der Waals surface area contributed by atoms with Crippen molar-refractivity contribution < 1.29 is 19.4 Å². The van der Waals surface area contributed by atoms with E-state index in [1.807, 2.05) is 24.3 Å². The molecule has 0 saturated carbocycles. The summed E-state index contributed by atoms with van der Waals surface area (Å²) in [5, 5.41) is 16.3. The average Bonchev–Trinajstić information content (AvgIpc) is 2.80. The zero-order valence-electron chi connectivity index (χ0n) is 16.7. The molecule has 0 saturated heterocycles. The lowest BCUT2D eigenvalue weighted by atomic mass is 10.1. The van der Waals surface area contributed by atoms with E-state index in [-0.39, 0.29) is 17.1 Å². The Morgan fingerprint density at radius 1 is 0.906 bits per heavy atom. The highest BCUT2D eigenvalue weighted by molar-refractivity contribution is 6.30. The molecule has 7 heteroatoms. The van der Waals surface area contributed by atoms with Crippen LogP contribution in [0, 0.1) is 0 Å². The number of para-hydroxylation sites is 1. The van der Waals surface area contributed by atoms with Crippen molar-refractivity contribution in [3.8, 4) is 11.5 Å². The van der Waals surface area contributed by atoms with E-state index in [1.54, 1.807) is 54.6 Å². The molecule has 6 nitrogen and oxygen atoms in total. The molecule has 158 valence electrons. The summed E-state index contributed by atoms with van der Waals surface area (Å²) < 4.78 is 5.45. The largest absolute Gasteiger partial charge is 0.507 e. The number of esters is 1. The molecule has 0 radical (unpaired) electrons. The molecule has 0 aliphatic rings. The molecule has 2 N–H and O–H groups in total. The summed E-state index contributed by atoms with van der Waals surface area (Å²) in [4.78, 5) is 24.9. The maximum atomic E-state index is 12.5. The lowest BCUT2D eigenvalue weighted by Gasteiger charge is -2.08. The van der Waals surface area contributed by atoms with Crippen LogP contribution in [-0.4, -0.2) is 23.2 Å². The van der Waals surface area contributed by atoms with E-state index in [1.165, 1.54) is 12.3 Å². The number of phenols is 1. The molecule has 0 bridgehead atoms. The molecule has 0 unspecified atom stereocenters. The van der Waals surface area contributed by atoms with Crippen LogP contribution in [0.3, 0.4) is 0 Å². The van der Waals surface area contributed by atoms with Gasteiger partial charge in [-0.1, -0.05) is 48.0 Å². The van der Waals surface area contributed by atoms with Gasteiger partial charge in [0.05, 0.1) is 17.3 Å². The molecule has 0 atom stereocenters. The van der Waals surface area contributed by atoms with Gasteiger partial charge in [0.2, 0.25) is 0 Å². The zero-order chi connectivity index (χ0) is 22.5. The molecule has 1 amide bonds. The zero-order valence-corrected chi connectivity index (χ0v) is 17.4. The minimum absolute atomic E-state index is 0.100. The first-order chi connectivity index (χ1) is 15.5. The Balaban J connectivity index is 1.48. The van der Waals surface area contributed by atoms with Crippen LogP contribution < -0.4 is 10.2 Å². The number of carbonyl (C=O) groups is 2. The smallest absolute Gasteiger partial charge is 0.343 e. The molecule has 32 heavy (non-hydrogen) atoms. The minimum atomic E-state index is -0.569. The molecule has 4 rings (SSSR count). The standard InChI is InChI=1S/C25H17ClN2O4/c26-20-11-9-16(10-12-20)25(31)32-23-8-4-3-7-19(23)15-27-28-24(30)21-13-17-5-1-2-6-18(17)14-22(21)29/h1-15,29H,(H,28,30). The van der Waals surface area contributed by atoms with Crippen LogP contribution in [0.2, 0.25) is 5.02 Å². The van der Waals surface area contributed by atoms with Crippen molar-refractivity contribution in [2.75, 3.05) is 0 Å². The van der Waals surface area contributed by atoms with Gasteiger partial charge in [0.1, 0.15) is 11.5 Å². The van der Waals surface area contributed by atoms with Gasteiger partial charge < -0.3 is 9.84 Å². The monoisotopic (exact) mass is 444 g/mol. The van der Waals surface area contributed by atoms with E-state index in [4.69, 9.17) is 16.3 Å². The number of benzene rings is 4. The van der Waals surface area contributed by atoms with Crippen molar-refractivity contribution in [1.82, 2.24) is 5.43 Å². The fourth-order valence-electron chi connectivity index (χ4n) is 3.06. The lowest BCUT2D eigenvalue weighted by Crippen LogP contribution is -2.18. The number of rotatable bonds is 5. The molecule has 4 aromatic carbocycles. The summed E-state index contributed by atoms with van der Waals surface area (Å²) in [6.07, 6.45) is 1.36. The lowest BCUT2D eigenvalue weighted by molar-refractivity contribution is 0.0734. The number of nitrogens with zero attached hydrogens (tertiary/aromatic N) is 1. The summed E-state index contributed by atoms with van der Waals surface area (Å²) in [5.74, 6) is -0.986. The van der Waals surface area contributed by atoms with Crippen molar-refractivity contribution in [3.05, 3.63) is 107 Å².